The van der Waals surface area contributed by atoms with Gasteiger partial charge in [0.2, 0.25) is 0 Å². The molecule has 0 amide bonds. The molecule has 4 heteroatoms. The highest BCUT2D eigenvalue weighted by Crippen LogP contribution is 2.29. The third-order valence-electron chi connectivity index (χ3n) is 3.38. The van der Waals surface area contributed by atoms with Crippen LogP contribution in [0.1, 0.15) is 38.7 Å². The number of aliphatic hydroxyl groups is 1. The van der Waals surface area contributed by atoms with E-state index in [1.54, 1.807) is 0 Å². The molecule has 1 unspecified atom stereocenters. The second-order valence-electron chi connectivity index (χ2n) is 5.24. The lowest BCUT2D eigenvalue weighted by atomic mass is 10.2. The fourth-order valence-electron chi connectivity index (χ4n) is 1.90. The molecule has 0 aromatic heterocycles. The van der Waals surface area contributed by atoms with Crippen LogP contribution in [0, 0.1) is 0 Å². The van der Waals surface area contributed by atoms with Crippen LogP contribution in [0.25, 0.3) is 0 Å². The van der Waals surface area contributed by atoms with Crippen molar-refractivity contribution in [1.82, 2.24) is 5.32 Å². The minimum absolute atomic E-state index is 0.302. The van der Waals surface area contributed by atoms with E-state index in [2.05, 4.69) is 5.32 Å². The molecule has 0 spiro atoms. The SMILES string of the molecule is CCOc1cc(CNC2CC2)ccc1OCC(O)CC. The minimum atomic E-state index is -0.430. The summed E-state index contributed by atoms with van der Waals surface area (Å²) in [5, 5.41) is 13.1. The summed E-state index contributed by atoms with van der Waals surface area (Å²) in [4.78, 5) is 0. The molecule has 1 fully saturated rings. The topological polar surface area (TPSA) is 50.7 Å². The van der Waals surface area contributed by atoms with E-state index in [9.17, 15) is 5.11 Å². The molecule has 0 bridgehead atoms. The summed E-state index contributed by atoms with van der Waals surface area (Å²) in [6, 6.07) is 6.69. The van der Waals surface area contributed by atoms with Crippen LogP contribution >= 0.6 is 0 Å². The summed E-state index contributed by atoms with van der Waals surface area (Å²) in [7, 11) is 0. The molecule has 0 radical (unpaired) electrons. The molecule has 2 N–H and O–H groups in total. The van der Waals surface area contributed by atoms with Crippen LogP contribution in [0.2, 0.25) is 0 Å². The van der Waals surface area contributed by atoms with Gasteiger partial charge >= 0.3 is 0 Å². The van der Waals surface area contributed by atoms with Crippen molar-refractivity contribution in [2.24, 2.45) is 0 Å². The summed E-state index contributed by atoms with van der Waals surface area (Å²) in [6.07, 6.45) is 2.83. The largest absolute Gasteiger partial charge is 0.490 e. The second kappa shape index (κ2) is 7.50. The first kappa shape index (κ1) is 15.1. The fourth-order valence-corrected chi connectivity index (χ4v) is 1.90. The maximum Gasteiger partial charge on any atom is 0.161 e. The molecule has 112 valence electrons. The minimum Gasteiger partial charge on any atom is -0.490 e. The van der Waals surface area contributed by atoms with Crippen LogP contribution in [0.5, 0.6) is 11.5 Å². The van der Waals surface area contributed by atoms with E-state index in [0.29, 0.717) is 31.4 Å². The molecule has 1 aliphatic rings. The van der Waals surface area contributed by atoms with E-state index in [1.807, 2.05) is 32.0 Å². The molecule has 1 aliphatic carbocycles. The molecule has 1 aromatic rings. The van der Waals surface area contributed by atoms with Gasteiger partial charge in [-0.25, -0.2) is 0 Å². The maximum absolute atomic E-state index is 9.57. The molecule has 1 aromatic carbocycles. The number of nitrogens with one attached hydrogen (secondary N) is 1. The van der Waals surface area contributed by atoms with E-state index in [-0.39, 0.29) is 0 Å². The Balaban J connectivity index is 1.97. The summed E-state index contributed by atoms with van der Waals surface area (Å²) >= 11 is 0. The van der Waals surface area contributed by atoms with Crippen molar-refractivity contribution in [3.8, 4) is 11.5 Å². The summed E-state index contributed by atoms with van der Waals surface area (Å²) < 4.78 is 11.3. The predicted molar refractivity (Wildman–Crippen MR) is 79.3 cm³/mol. The van der Waals surface area contributed by atoms with Crippen molar-refractivity contribution in [3.63, 3.8) is 0 Å². The molecular formula is C16H25NO3. The first-order valence-electron chi connectivity index (χ1n) is 7.52. The van der Waals surface area contributed by atoms with Crippen LogP contribution in [0.15, 0.2) is 18.2 Å². The van der Waals surface area contributed by atoms with Gasteiger partial charge in [-0.3, -0.25) is 0 Å². The zero-order valence-corrected chi connectivity index (χ0v) is 12.4. The van der Waals surface area contributed by atoms with Crippen molar-refractivity contribution in [2.75, 3.05) is 13.2 Å². The van der Waals surface area contributed by atoms with Gasteiger partial charge in [0.1, 0.15) is 6.61 Å². The zero-order chi connectivity index (χ0) is 14.4. The monoisotopic (exact) mass is 279 g/mol. The van der Waals surface area contributed by atoms with E-state index < -0.39 is 6.10 Å². The molecule has 2 rings (SSSR count). The van der Waals surface area contributed by atoms with Gasteiger partial charge in [-0.15, -0.1) is 0 Å². The van der Waals surface area contributed by atoms with Crippen molar-refractivity contribution in [2.45, 2.75) is 51.8 Å². The summed E-state index contributed by atoms with van der Waals surface area (Å²) in [5.74, 6) is 1.46. The third-order valence-corrected chi connectivity index (χ3v) is 3.38. The van der Waals surface area contributed by atoms with Crippen LogP contribution in [-0.2, 0) is 6.54 Å². The van der Waals surface area contributed by atoms with Gasteiger partial charge in [0.05, 0.1) is 12.7 Å². The quantitative estimate of drug-likeness (QED) is 0.729. The van der Waals surface area contributed by atoms with Crippen LogP contribution in [-0.4, -0.2) is 30.5 Å². The van der Waals surface area contributed by atoms with E-state index in [0.717, 1.165) is 12.3 Å². The molecule has 0 aliphatic heterocycles. The lowest BCUT2D eigenvalue weighted by Gasteiger charge is -2.15. The first-order chi connectivity index (χ1) is 9.72. The predicted octanol–water partition coefficient (Wildman–Crippen LogP) is 2.49. The lowest BCUT2D eigenvalue weighted by Crippen LogP contribution is -2.17. The molecule has 20 heavy (non-hydrogen) atoms. The van der Waals surface area contributed by atoms with Crippen molar-refractivity contribution in [3.05, 3.63) is 23.8 Å². The molecule has 0 heterocycles. The van der Waals surface area contributed by atoms with Crippen molar-refractivity contribution >= 4 is 0 Å². The van der Waals surface area contributed by atoms with Crippen molar-refractivity contribution in [1.29, 1.82) is 0 Å². The van der Waals surface area contributed by atoms with Gasteiger partial charge in [0, 0.05) is 12.6 Å². The van der Waals surface area contributed by atoms with Crippen LogP contribution in [0.3, 0.4) is 0 Å². The highest BCUT2D eigenvalue weighted by Gasteiger charge is 2.20. The molecule has 1 saturated carbocycles. The van der Waals surface area contributed by atoms with Crippen LogP contribution < -0.4 is 14.8 Å². The lowest BCUT2D eigenvalue weighted by molar-refractivity contribution is 0.102. The number of ether oxygens (including phenoxy) is 2. The molecule has 0 saturated heterocycles. The van der Waals surface area contributed by atoms with E-state index >= 15 is 0 Å². The van der Waals surface area contributed by atoms with Gasteiger partial charge in [-0.2, -0.15) is 0 Å². The number of hydrogen-bond donors (Lipinski definition) is 2. The Bertz CT molecular complexity index is 418. The Morgan fingerprint density at radius 1 is 1.25 bits per heavy atom. The van der Waals surface area contributed by atoms with Gasteiger partial charge in [-0.05, 0) is 43.9 Å². The Kier molecular flexibility index (Phi) is 5.68. The highest BCUT2D eigenvalue weighted by molar-refractivity contribution is 5.43. The molecule has 4 nitrogen and oxygen atoms in total. The Hall–Kier alpha value is -1.26. The standard InChI is InChI=1S/C16H25NO3/c1-3-14(18)11-20-15-8-5-12(9-16(15)19-4-2)10-17-13-6-7-13/h5,8-9,13-14,17-18H,3-4,6-7,10-11H2,1-2H3. The first-order valence-corrected chi connectivity index (χ1v) is 7.52. The van der Waals surface area contributed by atoms with Gasteiger partial charge in [-0.1, -0.05) is 13.0 Å². The second-order valence-corrected chi connectivity index (χ2v) is 5.24. The Morgan fingerprint density at radius 3 is 2.70 bits per heavy atom. The average molecular weight is 279 g/mol. The van der Waals surface area contributed by atoms with Gasteiger partial charge in [0.25, 0.3) is 0 Å². The van der Waals surface area contributed by atoms with Gasteiger partial charge in [0.15, 0.2) is 11.5 Å². The van der Waals surface area contributed by atoms with Gasteiger partial charge < -0.3 is 19.9 Å². The number of benzene rings is 1. The van der Waals surface area contributed by atoms with E-state index in [4.69, 9.17) is 9.47 Å². The third kappa shape index (κ3) is 4.69. The highest BCUT2D eigenvalue weighted by atomic mass is 16.5. The average Bonchev–Trinajstić information content (AvgIpc) is 3.28. The normalized spacial score (nSPS) is 15.9. The summed E-state index contributed by atoms with van der Waals surface area (Å²) in [6.45, 7) is 5.66. The van der Waals surface area contributed by atoms with Crippen LogP contribution in [0.4, 0.5) is 0 Å². The number of rotatable bonds is 9. The molecule has 1 atom stereocenters. The fraction of sp³-hybridized carbons (Fsp3) is 0.625. The maximum atomic E-state index is 9.57. The van der Waals surface area contributed by atoms with Crippen molar-refractivity contribution < 1.29 is 14.6 Å². The number of aliphatic hydroxyl groups excluding tert-OH is 1. The Morgan fingerprint density at radius 2 is 2.05 bits per heavy atom. The van der Waals surface area contributed by atoms with E-state index in [1.165, 1.54) is 18.4 Å². The zero-order valence-electron chi connectivity index (χ0n) is 12.4. The smallest absolute Gasteiger partial charge is 0.161 e. The summed E-state index contributed by atoms with van der Waals surface area (Å²) in [5.41, 5.74) is 1.20. The number of hydrogen-bond acceptors (Lipinski definition) is 4. The Labute approximate surface area is 121 Å². The molecular weight excluding hydrogens is 254 g/mol.